The molecule has 14 heavy (non-hydrogen) atoms. The van der Waals surface area contributed by atoms with Gasteiger partial charge in [-0.2, -0.15) is 0 Å². The molecule has 0 saturated heterocycles. The van der Waals surface area contributed by atoms with Crippen molar-refractivity contribution in [3.63, 3.8) is 0 Å². The molecule has 0 heterocycles. The summed E-state index contributed by atoms with van der Waals surface area (Å²) in [5.41, 5.74) is 2.31. The van der Waals surface area contributed by atoms with Crippen LogP contribution in [0.5, 0.6) is 0 Å². The van der Waals surface area contributed by atoms with Gasteiger partial charge in [-0.3, -0.25) is 0 Å². The van der Waals surface area contributed by atoms with E-state index in [0.29, 0.717) is 5.88 Å². The molecule has 0 amide bonds. The SMILES string of the molecule is CC(C)(C)c1ccc(Br)c(Cl)c1CCl. The number of halogens is 3. The third-order valence-electron chi connectivity index (χ3n) is 2.14. The number of rotatable bonds is 1. The summed E-state index contributed by atoms with van der Waals surface area (Å²) in [6.45, 7) is 6.47. The lowest BCUT2D eigenvalue weighted by Gasteiger charge is -2.23. The van der Waals surface area contributed by atoms with Crippen molar-refractivity contribution in [3.05, 3.63) is 32.8 Å². The van der Waals surface area contributed by atoms with Crippen LogP contribution in [-0.4, -0.2) is 0 Å². The normalized spacial score (nSPS) is 11.9. The van der Waals surface area contributed by atoms with Crippen molar-refractivity contribution in [2.24, 2.45) is 0 Å². The Balaban J connectivity index is 3.39. The van der Waals surface area contributed by atoms with Gasteiger partial charge >= 0.3 is 0 Å². The molecule has 1 aromatic rings. The van der Waals surface area contributed by atoms with E-state index < -0.39 is 0 Å². The highest BCUT2D eigenvalue weighted by Crippen LogP contribution is 2.35. The summed E-state index contributed by atoms with van der Waals surface area (Å²) >= 11 is 15.5. The summed E-state index contributed by atoms with van der Waals surface area (Å²) in [7, 11) is 0. The first-order valence-electron chi connectivity index (χ1n) is 4.41. The van der Waals surface area contributed by atoms with Crippen molar-refractivity contribution in [1.82, 2.24) is 0 Å². The predicted molar refractivity (Wildman–Crippen MR) is 67.4 cm³/mol. The lowest BCUT2D eigenvalue weighted by molar-refractivity contribution is 0.585. The zero-order valence-electron chi connectivity index (χ0n) is 8.50. The molecule has 1 aromatic carbocycles. The second-order valence-electron chi connectivity index (χ2n) is 4.27. The standard InChI is InChI=1S/C11H13BrCl2/c1-11(2,3)8-4-5-9(12)10(14)7(8)6-13/h4-5H,6H2,1-3H3. The van der Waals surface area contributed by atoms with E-state index in [1.165, 1.54) is 5.56 Å². The Kier molecular flexibility index (Phi) is 3.90. The van der Waals surface area contributed by atoms with E-state index in [-0.39, 0.29) is 5.41 Å². The first-order valence-corrected chi connectivity index (χ1v) is 6.11. The average molecular weight is 296 g/mol. The van der Waals surface area contributed by atoms with Gasteiger partial charge in [-0.15, -0.1) is 11.6 Å². The Labute approximate surface area is 104 Å². The van der Waals surface area contributed by atoms with E-state index in [1.807, 2.05) is 6.07 Å². The molecule has 3 heteroatoms. The third-order valence-corrected chi connectivity index (χ3v) is 3.73. The highest BCUT2D eigenvalue weighted by Gasteiger charge is 2.20. The van der Waals surface area contributed by atoms with E-state index in [1.54, 1.807) is 0 Å². The van der Waals surface area contributed by atoms with Gasteiger partial charge in [0.1, 0.15) is 0 Å². The van der Waals surface area contributed by atoms with Gasteiger partial charge in [-0.05, 0) is 38.5 Å². The smallest absolute Gasteiger partial charge is 0.0595 e. The van der Waals surface area contributed by atoms with Crippen molar-refractivity contribution in [3.8, 4) is 0 Å². The fourth-order valence-corrected chi connectivity index (χ4v) is 2.38. The second kappa shape index (κ2) is 4.42. The fraction of sp³-hybridized carbons (Fsp3) is 0.455. The summed E-state index contributed by atoms with van der Waals surface area (Å²) < 4.78 is 0.905. The van der Waals surface area contributed by atoms with E-state index in [0.717, 1.165) is 15.1 Å². The fourth-order valence-electron chi connectivity index (χ4n) is 1.43. The summed E-state index contributed by atoms with van der Waals surface area (Å²) in [4.78, 5) is 0. The van der Waals surface area contributed by atoms with E-state index in [4.69, 9.17) is 23.2 Å². The summed E-state index contributed by atoms with van der Waals surface area (Å²) in [5.74, 6) is 0.449. The molecular weight excluding hydrogens is 283 g/mol. The van der Waals surface area contributed by atoms with Gasteiger partial charge in [-0.25, -0.2) is 0 Å². The molecule has 0 radical (unpaired) electrons. The number of hydrogen-bond donors (Lipinski definition) is 0. The number of hydrogen-bond acceptors (Lipinski definition) is 0. The molecule has 0 N–H and O–H groups in total. The molecule has 0 saturated carbocycles. The molecule has 0 fully saturated rings. The third kappa shape index (κ3) is 2.44. The van der Waals surface area contributed by atoms with Crippen LogP contribution in [0.4, 0.5) is 0 Å². The highest BCUT2D eigenvalue weighted by molar-refractivity contribution is 9.10. The maximum atomic E-state index is 6.17. The Morgan fingerprint density at radius 2 is 1.86 bits per heavy atom. The zero-order valence-corrected chi connectivity index (χ0v) is 11.6. The van der Waals surface area contributed by atoms with Crippen molar-refractivity contribution in [2.75, 3.05) is 0 Å². The van der Waals surface area contributed by atoms with Crippen LogP contribution in [0, 0.1) is 0 Å². The van der Waals surface area contributed by atoms with E-state index >= 15 is 0 Å². The zero-order chi connectivity index (χ0) is 10.9. The van der Waals surface area contributed by atoms with Crippen LogP contribution in [0.25, 0.3) is 0 Å². The van der Waals surface area contributed by atoms with Gasteiger partial charge in [0.2, 0.25) is 0 Å². The van der Waals surface area contributed by atoms with Crippen molar-refractivity contribution in [1.29, 1.82) is 0 Å². The number of benzene rings is 1. The molecule has 0 aliphatic rings. The maximum absolute atomic E-state index is 6.17. The maximum Gasteiger partial charge on any atom is 0.0595 e. The molecule has 0 spiro atoms. The lowest BCUT2D eigenvalue weighted by Crippen LogP contribution is -2.14. The first kappa shape index (κ1) is 12.4. The molecule has 0 aliphatic carbocycles. The van der Waals surface area contributed by atoms with Crippen molar-refractivity contribution < 1.29 is 0 Å². The summed E-state index contributed by atoms with van der Waals surface area (Å²) in [6, 6.07) is 4.05. The molecule has 78 valence electrons. The minimum atomic E-state index is 0.0779. The largest absolute Gasteiger partial charge is 0.121 e. The van der Waals surface area contributed by atoms with Crippen LogP contribution in [0.1, 0.15) is 31.9 Å². The number of alkyl halides is 1. The van der Waals surface area contributed by atoms with Crippen LogP contribution < -0.4 is 0 Å². The molecule has 0 nitrogen and oxygen atoms in total. The van der Waals surface area contributed by atoms with Gasteiger partial charge in [0.05, 0.1) is 5.02 Å². The van der Waals surface area contributed by atoms with Crippen molar-refractivity contribution in [2.45, 2.75) is 32.1 Å². The summed E-state index contributed by atoms with van der Waals surface area (Å²) in [6.07, 6.45) is 0. The van der Waals surface area contributed by atoms with Crippen LogP contribution >= 0.6 is 39.1 Å². The van der Waals surface area contributed by atoms with Gasteiger partial charge in [-0.1, -0.05) is 38.4 Å². The molecular formula is C11H13BrCl2. The van der Waals surface area contributed by atoms with Crippen LogP contribution in [0.2, 0.25) is 5.02 Å². The average Bonchev–Trinajstić information content (AvgIpc) is 2.07. The lowest BCUT2D eigenvalue weighted by atomic mass is 9.84. The molecule has 0 aliphatic heterocycles. The van der Waals surface area contributed by atoms with Crippen LogP contribution in [-0.2, 0) is 11.3 Å². The second-order valence-corrected chi connectivity index (χ2v) is 5.77. The Bertz CT molecular complexity index is 340. The predicted octanol–water partition coefficient (Wildman–Crippen LogP) is 5.14. The van der Waals surface area contributed by atoms with Crippen LogP contribution in [0.15, 0.2) is 16.6 Å². The van der Waals surface area contributed by atoms with Gasteiger partial charge in [0.15, 0.2) is 0 Å². The molecule has 0 aromatic heterocycles. The molecule has 1 rings (SSSR count). The minimum absolute atomic E-state index is 0.0779. The molecule has 0 unspecified atom stereocenters. The topological polar surface area (TPSA) is 0 Å². The Morgan fingerprint density at radius 1 is 1.29 bits per heavy atom. The first-order chi connectivity index (χ1) is 6.38. The van der Waals surface area contributed by atoms with Crippen molar-refractivity contribution >= 4 is 39.1 Å². The monoisotopic (exact) mass is 294 g/mol. The molecule has 0 atom stereocenters. The van der Waals surface area contributed by atoms with Gasteiger partial charge in [0, 0.05) is 10.4 Å². The Hall–Kier alpha value is 0.280. The van der Waals surface area contributed by atoms with Crippen LogP contribution in [0.3, 0.4) is 0 Å². The van der Waals surface area contributed by atoms with Gasteiger partial charge in [0.25, 0.3) is 0 Å². The Morgan fingerprint density at radius 3 is 2.29 bits per heavy atom. The van der Waals surface area contributed by atoms with E-state index in [2.05, 4.69) is 42.8 Å². The van der Waals surface area contributed by atoms with E-state index in [9.17, 15) is 0 Å². The molecule has 0 bridgehead atoms. The quantitative estimate of drug-likeness (QED) is 0.629. The minimum Gasteiger partial charge on any atom is -0.121 e. The van der Waals surface area contributed by atoms with Gasteiger partial charge < -0.3 is 0 Å². The summed E-state index contributed by atoms with van der Waals surface area (Å²) in [5, 5.41) is 0.729. The highest BCUT2D eigenvalue weighted by atomic mass is 79.9.